The summed E-state index contributed by atoms with van der Waals surface area (Å²) in [6.45, 7) is 3.05. The summed E-state index contributed by atoms with van der Waals surface area (Å²) < 4.78 is 44.1. The second-order valence-electron chi connectivity index (χ2n) is 4.23. The Bertz CT molecular complexity index is 531. The quantitative estimate of drug-likeness (QED) is 0.856. The van der Waals surface area contributed by atoms with Crippen molar-refractivity contribution < 1.29 is 22.7 Å². The molecule has 0 saturated carbocycles. The molecule has 0 unspecified atom stereocenters. The highest BCUT2D eigenvalue weighted by Gasteiger charge is 2.27. The number of sulfonamides is 1. The molecule has 7 heteroatoms. The summed E-state index contributed by atoms with van der Waals surface area (Å²) in [4.78, 5) is -0.159. The third-order valence-electron chi connectivity index (χ3n) is 2.63. The molecule has 0 radical (unpaired) electrons. The van der Waals surface area contributed by atoms with Crippen molar-refractivity contribution in [1.29, 1.82) is 0 Å². The molecule has 0 atom stereocenters. The topological polar surface area (TPSA) is 66.8 Å². The third-order valence-corrected chi connectivity index (χ3v) is 4.70. The highest BCUT2D eigenvalue weighted by molar-refractivity contribution is 7.89. The summed E-state index contributed by atoms with van der Waals surface area (Å²) in [5.41, 5.74) is 0. The lowest BCUT2D eigenvalue weighted by molar-refractivity contribution is 0.236. The van der Waals surface area contributed by atoms with Crippen molar-refractivity contribution in [3.63, 3.8) is 0 Å². The lowest BCUT2D eigenvalue weighted by Gasteiger charge is -2.25. The summed E-state index contributed by atoms with van der Waals surface area (Å²) in [5.74, 6) is -0.756. The number of aliphatic hydroxyl groups is 1. The number of benzene rings is 1. The van der Waals surface area contributed by atoms with Crippen molar-refractivity contribution >= 4 is 10.0 Å². The molecule has 1 N–H and O–H groups in total. The molecule has 108 valence electrons. The van der Waals surface area contributed by atoms with Crippen LogP contribution in [-0.4, -0.2) is 44.1 Å². The van der Waals surface area contributed by atoms with Crippen molar-refractivity contribution in [2.24, 2.45) is 0 Å². The van der Waals surface area contributed by atoms with E-state index in [0.717, 1.165) is 10.4 Å². The molecule has 1 aromatic carbocycles. The average molecular weight is 291 g/mol. The van der Waals surface area contributed by atoms with Gasteiger partial charge in [-0.3, -0.25) is 0 Å². The fourth-order valence-corrected chi connectivity index (χ4v) is 3.34. The standard InChI is InChI=1S/C12H18FNO4S/c1-9(2)14(6-7-15)19(16,17)10-4-5-12(18-3)11(13)8-10/h4-5,8-9,15H,6-7H2,1-3H3. The van der Waals surface area contributed by atoms with Gasteiger partial charge in [-0.25, -0.2) is 12.8 Å². The summed E-state index contributed by atoms with van der Waals surface area (Å²) in [6.07, 6.45) is 0. The molecule has 1 rings (SSSR count). The normalized spacial score (nSPS) is 12.2. The molecular weight excluding hydrogens is 273 g/mol. The SMILES string of the molecule is COc1ccc(S(=O)(=O)N(CCO)C(C)C)cc1F. The highest BCUT2D eigenvalue weighted by Crippen LogP contribution is 2.24. The Morgan fingerprint density at radius 2 is 2.05 bits per heavy atom. The fraction of sp³-hybridized carbons (Fsp3) is 0.500. The molecule has 0 saturated heterocycles. The van der Waals surface area contributed by atoms with Crippen LogP contribution in [0.3, 0.4) is 0 Å². The highest BCUT2D eigenvalue weighted by atomic mass is 32.2. The monoisotopic (exact) mass is 291 g/mol. The number of methoxy groups -OCH3 is 1. The van der Waals surface area contributed by atoms with Crippen LogP contribution in [0.1, 0.15) is 13.8 Å². The van der Waals surface area contributed by atoms with Crippen molar-refractivity contribution in [2.75, 3.05) is 20.3 Å². The van der Waals surface area contributed by atoms with E-state index in [-0.39, 0.29) is 29.8 Å². The van der Waals surface area contributed by atoms with Crippen LogP contribution in [0.2, 0.25) is 0 Å². The Labute approximate surface area is 112 Å². The van der Waals surface area contributed by atoms with E-state index in [9.17, 15) is 12.8 Å². The molecule has 0 aromatic heterocycles. The van der Waals surface area contributed by atoms with E-state index >= 15 is 0 Å². The first kappa shape index (κ1) is 15.9. The number of hydrogen-bond acceptors (Lipinski definition) is 4. The molecule has 0 heterocycles. The van der Waals surface area contributed by atoms with E-state index in [4.69, 9.17) is 9.84 Å². The number of halogens is 1. The summed E-state index contributed by atoms with van der Waals surface area (Å²) in [7, 11) is -2.53. The Morgan fingerprint density at radius 1 is 1.42 bits per heavy atom. The summed E-state index contributed by atoms with van der Waals surface area (Å²) >= 11 is 0. The van der Waals surface area contributed by atoms with Gasteiger partial charge in [-0.2, -0.15) is 4.31 Å². The number of hydrogen-bond donors (Lipinski definition) is 1. The first-order valence-electron chi connectivity index (χ1n) is 5.80. The van der Waals surface area contributed by atoms with Crippen molar-refractivity contribution in [1.82, 2.24) is 4.31 Å². The molecule has 0 spiro atoms. The Kier molecular flexibility index (Phi) is 5.28. The van der Waals surface area contributed by atoms with Gasteiger partial charge in [0.05, 0.1) is 18.6 Å². The predicted octanol–water partition coefficient (Wildman–Crippen LogP) is 1.23. The van der Waals surface area contributed by atoms with Crippen molar-refractivity contribution in [3.8, 4) is 5.75 Å². The zero-order valence-corrected chi connectivity index (χ0v) is 11.9. The van der Waals surface area contributed by atoms with Crippen LogP contribution >= 0.6 is 0 Å². The molecule has 0 aliphatic carbocycles. The zero-order chi connectivity index (χ0) is 14.6. The fourth-order valence-electron chi connectivity index (χ4n) is 1.70. The number of aliphatic hydroxyl groups excluding tert-OH is 1. The Morgan fingerprint density at radius 3 is 2.47 bits per heavy atom. The largest absolute Gasteiger partial charge is 0.494 e. The maximum absolute atomic E-state index is 13.6. The first-order chi connectivity index (χ1) is 8.84. The van der Waals surface area contributed by atoms with Crippen LogP contribution in [0.4, 0.5) is 4.39 Å². The maximum Gasteiger partial charge on any atom is 0.243 e. The van der Waals surface area contributed by atoms with E-state index < -0.39 is 15.8 Å². The molecule has 0 bridgehead atoms. The third kappa shape index (κ3) is 3.43. The van der Waals surface area contributed by atoms with E-state index in [0.29, 0.717) is 0 Å². The van der Waals surface area contributed by atoms with E-state index in [1.54, 1.807) is 13.8 Å². The Hall–Kier alpha value is -1.18. The molecule has 0 fully saturated rings. The predicted molar refractivity (Wildman–Crippen MR) is 69.1 cm³/mol. The van der Waals surface area contributed by atoms with Crippen LogP contribution in [0.15, 0.2) is 23.1 Å². The first-order valence-corrected chi connectivity index (χ1v) is 7.24. The summed E-state index contributed by atoms with van der Waals surface area (Å²) in [6, 6.07) is 3.13. The van der Waals surface area contributed by atoms with Crippen LogP contribution in [0, 0.1) is 5.82 Å². The minimum Gasteiger partial charge on any atom is -0.494 e. The second kappa shape index (κ2) is 6.31. The van der Waals surface area contributed by atoms with E-state index in [2.05, 4.69) is 0 Å². The lowest BCUT2D eigenvalue weighted by atomic mass is 10.3. The van der Waals surface area contributed by atoms with Gasteiger partial charge in [-0.1, -0.05) is 0 Å². The molecule has 0 aliphatic rings. The van der Waals surface area contributed by atoms with Crippen molar-refractivity contribution in [2.45, 2.75) is 24.8 Å². The smallest absolute Gasteiger partial charge is 0.243 e. The molecule has 0 aliphatic heterocycles. The molecule has 19 heavy (non-hydrogen) atoms. The second-order valence-corrected chi connectivity index (χ2v) is 6.12. The molecular formula is C12H18FNO4S. The van der Waals surface area contributed by atoms with Crippen LogP contribution in [0.5, 0.6) is 5.75 Å². The van der Waals surface area contributed by atoms with Gasteiger partial charge >= 0.3 is 0 Å². The van der Waals surface area contributed by atoms with E-state index in [1.165, 1.54) is 19.2 Å². The van der Waals surface area contributed by atoms with Crippen LogP contribution < -0.4 is 4.74 Å². The van der Waals surface area contributed by atoms with Gasteiger partial charge < -0.3 is 9.84 Å². The average Bonchev–Trinajstić information content (AvgIpc) is 2.35. The van der Waals surface area contributed by atoms with Crippen LogP contribution in [-0.2, 0) is 10.0 Å². The molecule has 0 amide bonds. The van der Waals surface area contributed by atoms with Gasteiger partial charge in [0.1, 0.15) is 0 Å². The molecule has 5 nitrogen and oxygen atoms in total. The van der Waals surface area contributed by atoms with Gasteiger partial charge in [0.15, 0.2) is 11.6 Å². The van der Waals surface area contributed by atoms with Gasteiger partial charge in [-0.05, 0) is 32.0 Å². The van der Waals surface area contributed by atoms with Gasteiger partial charge in [0.25, 0.3) is 0 Å². The van der Waals surface area contributed by atoms with E-state index in [1.807, 2.05) is 0 Å². The summed E-state index contributed by atoms with van der Waals surface area (Å²) in [5, 5.41) is 8.93. The zero-order valence-electron chi connectivity index (χ0n) is 11.1. The number of rotatable bonds is 6. The van der Waals surface area contributed by atoms with Gasteiger partial charge in [0.2, 0.25) is 10.0 Å². The van der Waals surface area contributed by atoms with Gasteiger partial charge in [0, 0.05) is 12.6 Å². The number of ether oxygens (including phenoxy) is 1. The van der Waals surface area contributed by atoms with Crippen molar-refractivity contribution in [3.05, 3.63) is 24.0 Å². The van der Waals surface area contributed by atoms with Crippen LogP contribution in [0.25, 0.3) is 0 Å². The lowest BCUT2D eigenvalue weighted by Crippen LogP contribution is -2.38. The maximum atomic E-state index is 13.6. The number of nitrogens with zero attached hydrogens (tertiary/aromatic N) is 1. The Balaban J connectivity index is 3.22. The molecule has 1 aromatic rings. The minimum atomic E-state index is -3.83. The minimum absolute atomic E-state index is 0.0165. The van der Waals surface area contributed by atoms with Gasteiger partial charge in [-0.15, -0.1) is 0 Å².